The molecule has 2 aliphatic rings. The lowest BCUT2D eigenvalue weighted by molar-refractivity contribution is -0.0178. The van der Waals surface area contributed by atoms with Crippen LogP contribution in [0, 0.1) is 11.6 Å². The molecule has 4 aromatic rings. The van der Waals surface area contributed by atoms with Gasteiger partial charge in [0.1, 0.15) is 17.7 Å². The van der Waals surface area contributed by atoms with Crippen molar-refractivity contribution < 1.29 is 13.5 Å². The number of morpholine rings is 1. The highest BCUT2D eigenvalue weighted by Crippen LogP contribution is 2.36. The fourth-order valence-corrected chi connectivity index (χ4v) is 4.68. The van der Waals surface area contributed by atoms with E-state index in [4.69, 9.17) is 14.7 Å². The van der Waals surface area contributed by atoms with Crippen LogP contribution >= 0.6 is 0 Å². The van der Waals surface area contributed by atoms with Crippen LogP contribution in [0.2, 0.25) is 0 Å². The first kappa shape index (κ1) is 22.1. The summed E-state index contributed by atoms with van der Waals surface area (Å²) in [6.07, 6.45) is 7.65. The lowest BCUT2D eigenvalue weighted by atomic mass is 10.1. The van der Waals surface area contributed by atoms with E-state index in [1.807, 2.05) is 31.6 Å². The zero-order valence-corrected chi connectivity index (χ0v) is 19.9. The summed E-state index contributed by atoms with van der Waals surface area (Å²) in [7, 11) is 0. The molecule has 35 heavy (non-hydrogen) atoms. The standard InChI is InChI=1S/C25H27F2N7O/c1-14(2)34-24-20(10-29-34)23(19-7-4-17(26)8-21(19)27)30-25(31-24)32-11-15(3)35-22(13-32)16-9-28-33(12-16)18-5-6-18/h4,7-10,12,14-15,18,22H,5-6,11,13H2,1-3H3/t15-,22-/m0/s1. The van der Waals surface area contributed by atoms with Crippen LogP contribution in [-0.4, -0.2) is 48.7 Å². The highest BCUT2D eigenvalue weighted by Gasteiger charge is 2.32. The minimum atomic E-state index is -0.672. The van der Waals surface area contributed by atoms with Gasteiger partial charge in [-0.15, -0.1) is 0 Å². The van der Waals surface area contributed by atoms with Crippen LogP contribution in [0.15, 0.2) is 36.8 Å². The Morgan fingerprint density at radius 1 is 1.06 bits per heavy atom. The second-order valence-electron chi connectivity index (χ2n) is 9.74. The number of anilines is 1. The Balaban J connectivity index is 1.43. The SMILES string of the molecule is CC(C)n1ncc2c(-c3ccc(F)cc3F)nc(N3C[C@@H](c4cnn(C5CC5)c4)O[C@@H](C)C3)nc21. The predicted molar refractivity (Wildman–Crippen MR) is 127 cm³/mol. The number of aromatic nitrogens is 6. The summed E-state index contributed by atoms with van der Waals surface area (Å²) >= 11 is 0. The van der Waals surface area contributed by atoms with Crippen molar-refractivity contribution in [1.29, 1.82) is 0 Å². The Labute approximate surface area is 201 Å². The van der Waals surface area contributed by atoms with E-state index in [1.165, 1.54) is 12.1 Å². The Morgan fingerprint density at radius 2 is 1.89 bits per heavy atom. The lowest BCUT2D eigenvalue weighted by Gasteiger charge is -2.36. The molecular formula is C25H27F2N7O. The number of hydrogen-bond donors (Lipinski definition) is 0. The molecule has 1 aromatic carbocycles. The van der Waals surface area contributed by atoms with Gasteiger partial charge in [0.2, 0.25) is 5.95 Å². The van der Waals surface area contributed by atoms with E-state index in [9.17, 15) is 8.78 Å². The number of hydrogen-bond acceptors (Lipinski definition) is 6. The largest absolute Gasteiger partial charge is 0.367 e. The molecule has 1 saturated carbocycles. The molecule has 0 N–H and O–H groups in total. The molecule has 1 aliphatic heterocycles. The summed E-state index contributed by atoms with van der Waals surface area (Å²) in [6, 6.07) is 4.07. The maximum absolute atomic E-state index is 14.9. The Bertz CT molecular complexity index is 1390. The van der Waals surface area contributed by atoms with E-state index < -0.39 is 11.6 Å². The van der Waals surface area contributed by atoms with Gasteiger partial charge in [-0.1, -0.05) is 0 Å². The van der Waals surface area contributed by atoms with Gasteiger partial charge in [-0.25, -0.2) is 18.4 Å². The van der Waals surface area contributed by atoms with Crippen LogP contribution in [0.5, 0.6) is 0 Å². The first-order chi connectivity index (χ1) is 16.9. The Kier molecular flexibility index (Phi) is 5.28. The third-order valence-corrected chi connectivity index (χ3v) is 6.57. The van der Waals surface area contributed by atoms with Crippen LogP contribution in [0.4, 0.5) is 14.7 Å². The Morgan fingerprint density at radius 3 is 2.63 bits per heavy atom. The average molecular weight is 480 g/mol. The van der Waals surface area contributed by atoms with Gasteiger partial charge in [-0.05, 0) is 45.7 Å². The summed E-state index contributed by atoms with van der Waals surface area (Å²) in [4.78, 5) is 11.7. The number of ether oxygens (including phenoxy) is 1. The van der Waals surface area contributed by atoms with Crippen LogP contribution in [0.25, 0.3) is 22.3 Å². The van der Waals surface area contributed by atoms with Gasteiger partial charge >= 0.3 is 0 Å². The highest BCUT2D eigenvalue weighted by molar-refractivity contribution is 5.91. The molecule has 1 aliphatic carbocycles. The molecule has 0 spiro atoms. The number of fused-ring (bicyclic) bond motifs is 1. The fraction of sp³-hybridized carbons (Fsp3) is 0.440. The van der Waals surface area contributed by atoms with Gasteiger partial charge in [0.15, 0.2) is 5.65 Å². The molecule has 4 heterocycles. The zero-order valence-electron chi connectivity index (χ0n) is 19.9. The summed E-state index contributed by atoms with van der Waals surface area (Å²) in [5, 5.41) is 9.62. The van der Waals surface area contributed by atoms with E-state index in [0.717, 1.165) is 24.5 Å². The third-order valence-electron chi connectivity index (χ3n) is 6.57. The van der Waals surface area contributed by atoms with Crippen molar-refractivity contribution in [3.63, 3.8) is 0 Å². The molecule has 0 bridgehead atoms. The van der Waals surface area contributed by atoms with Crippen molar-refractivity contribution in [3.05, 3.63) is 54.0 Å². The normalized spacial score (nSPS) is 20.8. The van der Waals surface area contributed by atoms with E-state index in [-0.39, 0.29) is 23.8 Å². The first-order valence-electron chi connectivity index (χ1n) is 12.0. The highest BCUT2D eigenvalue weighted by atomic mass is 19.1. The second-order valence-corrected chi connectivity index (χ2v) is 9.74. The van der Waals surface area contributed by atoms with Crippen molar-refractivity contribution >= 4 is 17.0 Å². The van der Waals surface area contributed by atoms with Gasteiger partial charge < -0.3 is 9.64 Å². The van der Waals surface area contributed by atoms with Gasteiger partial charge in [-0.2, -0.15) is 15.2 Å². The minimum Gasteiger partial charge on any atom is -0.367 e. The van der Waals surface area contributed by atoms with Gasteiger partial charge in [0.05, 0.1) is 42.2 Å². The summed E-state index contributed by atoms with van der Waals surface area (Å²) in [6.45, 7) is 7.16. The molecule has 1 saturated heterocycles. The minimum absolute atomic E-state index is 0.0470. The van der Waals surface area contributed by atoms with Crippen molar-refractivity contribution in [2.75, 3.05) is 18.0 Å². The van der Waals surface area contributed by atoms with Gasteiger partial charge in [0, 0.05) is 36.0 Å². The molecule has 2 atom stereocenters. The number of benzene rings is 1. The number of nitrogens with zero attached hydrogens (tertiary/aromatic N) is 7. The molecule has 0 radical (unpaired) electrons. The molecular weight excluding hydrogens is 452 g/mol. The summed E-state index contributed by atoms with van der Waals surface area (Å²) < 4.78 is 38.6. The van der Waals surface area contributed by atoms with Gasteiger partial charge in [0.25, 0.3) is 0 Å². The predicted octanol–water partition coefficient (Wildman–Crippen LogP) is 4.85. The maximum Gasteiger partial charge on any atom is 0.228 e. The second kappa shape index (κ2) is 8.37. The summed E-state index contributed by atoms with van der Waals surface area (Å²) in [5.74, 6) is -0.839. The number of rotatable bonds is 5. The zero-order chi connectivity index (χ0) is 24.3. The molecule has 0 amide bonds. The molecule has 10 heteroatoms. The topological polar surface area (TPSA) is 73.9 Å². The van der Waals surface area contributed by atoms with Crippen LogP contribution in [0.3, 0.4) is 0 Å². The first-order valence-corrected chi connectivity index (χ1v) is 12.0. The van der Waals surface area contributed by atoms with E-state index in [2.05, 4.69) is 21.3 Å². The number of halogens is 2. The van der Waals surface area contributed by atoms with E-state index in [1.54, 1.807) is 10.9 Å². The van der Waals surface area contributed by atoms with Crippen molar-refractivity contribution in [2.24, 2.45) is 0 Å². The van der Waals surface area contributed by atoms with E-state index in [0.29, 0.717) is 41.8 Å². The monoisotopic (exact) mass is 479 g/mol. The average Bonchev–Trinajstić information content (AvgIpc) is 3.38. The maximum atomic E-state index is 14.9. The van der Waals surface area contributed by atoms with E-state index >= 15 is 0 Å². The van der Waals surface area contributed by atoms with Crippen LogP contribution in [0.1, 0.15) is 57.4 Å². The van der Waals surface area contributed by atoms with Crippen LogP contribution in [-0.2, 0) is 4.74 Å². The third kappa shape index (κ3) is 4.05. The quantitative estimate of drug-likeness (QED) is 0.407. The smallest absolute Gasteiger partial charge is 0.228 e. The molecule has 3 aromatic heterocycles. The van der Waals surface area contributed by atoms with Crippen LogP contribution < -0.4 is 4.90 Å². The molecule has 6 rings (SSSR count). The Hall–Kier alpha value is -3.40. The molecule has 8 nitrogen and oxygen atoms in total. The molecule has 0 unspecified atom stereocenters. The summed E-state index contributed by atoms with van der Waals surface area (Å²) in [5.41, 5.74) is 2.24. The fourth-order valence-electron chi connectivity index (χ4n) is 4.68. The molecule has 2 fully saturated rings. The lowest BCUT2D eigenvalue weighted by Crippen LogP contribution is -2.43. The molecule has 182 valence electrons. The van der Waals surface area contributed by atoms with Crippen molar-refractivity contribution in [1.82, 2.24) is 29.5 Å². The van der Waals surface area contributed by atoms with Crippen molar-refractivity contribution in [2.45, 2.75) is 57.9 Å². The van der Waals surface area contributed by atoms with Gasteiger partial charge in [-0.3, -0.25) is 4.68 Å². The van der Waals surface area contributed by atoms with Crippen molar-refractivity contribution in [3.8, 4) is 11.3 Å².